The molecule has 5 heteroatoms. The van der Waals surface area contributed by atoms with Crippen molar-refractivity contribution < 1.29 is 57.1 Å². The molecule has 0 unspecified atom stereocenters. The van der Waals surface area contributed by atoms with E-state index in [9.17, 15) is 0 Å². The van der Waals surface area contributed by atoms with Gasteiger partial charge in [0, 0.05) is 51.2 Å². The fraction of sp³-hybridized carbons (Fsp3) is 0.500. The smallest absolute Gasteiger partial charge is 0.300 e. The molecule has 0 aliphatic carbocycles. The minimum Gasteiger partial charge on any atom is -0.481 e. The van der Waals surface area contributed by atoms with Crippen molar-refractivity contribution in [2.24, 2.45) is 0 Å². The first-order valence-corrected chi connectivity index (χ1v) is 1.86. The molecule has 0 saturated carbocycles. The Morgan fingerprint density at radius 3 is 1.00 bits per heavy atom. The third-order valence-corrected chi connectivity index (χ3v) is 0. The van der Waals surface area contributed by atoms with E-state index in [0.29, 0.717) is 0 Å². The minimum absolute atomic E-state index is 0. The first-order valence-electron chi connectivity index (χ1n) is 1.86. The van der Waals surface area contributed by atoms with E-state index in [4.69, 9.17) is 19.8 Å². The van der Waals surface area contributed by atoms with E-state index in [1.54, 1.807) is 0 Å². The van der Waals surface area contributed by atoms with Crippen molar-refractivity contribution in [3.05, 3.63) is 0 Å². The Labute approximate surface area is 82.5 Å². The quantitative estimate of drug-likeness (QED) is 0.666. The van der Waals surface area contributed by atoms with E-state index in [2.05, 4.69) is 0 Å². The molecule has 0 aromatic carbocycles. The van der Waals surface area contributed by atoms with Gasteiger partial charge in [-0.05, 0) is 0 Å². The van der Waals surface area contributed by atoms with Gasteiger partial charge in [-0.1, -0.05) is 0 Å². The zero-order valence-electron chi connectivity index (χ0n) is 5.00. The van der Waals surface area contributed by atoms with Crippen molar-refractivity contribution in [1.82, 2.24) is 0 Å². The van der Waals surface area contributed by atoms with Crippen molar-refractivity contribution in [3.8, 4) is 0 Å². The number of carboxylic acids is 2. The molecule has 0 aliphatic rings. The Balaban J connectivity index is -0.0000000720. The molecule has 2 N–H and O–H groups in total. The third kappa shape index (κ3) is 8980. The monoisotopic (exact) mass is 286 g/mol. The summed E-state index contributed by atoms with van der Waals surface area (Å²) in [6.07, 6.45) is 0. The largest absolute Gasteiger partial charge is 0.481 e. The second-order valence-electron chi connectivity index (χ2n) is 1.04. The Morgan fingerprint density at radius 1 is 1.00 bits per heavy atom. The third-order valence-electron chi connectivity index (χ3n) is 0. The number of hydrogen-bond donors (Lipinski definition) is 2. The zero-order valence-corrected chi connectivity index (χ0v) is 6.85. The molecule has 0 fully saturated rings. The molecule has 0 aromatic heterocycles. The summed E-state index contributed by atoms with van der Waals surface area (Å²) in [4.78, 5) is 18.0. The Bertz CT molecular complexity index is 70.6. The summed E-state index contributed by atoms with van der Waals surface area (Å²) in [6.45, 7) is 2.17. The summed E-state index contributed by atoms with van der Waals surface area (Å²) in [5.41, 5.74) is 0. The molecule has 0 amide bonds. The number of carboxylic acid groups (broad SMARTS) is 2. The first-order chi connectivity index (χ1) is 3.46. The van der Waals surface area contributed by atoms with Gasteiger partial charge in [0.2, 0.25) is 0 Å². The van der Waals surface area contributed by atoms with Crippen molar-refractivity contribution in [3.63, 3.8) is 0 Å². The first kappa shape index (κ1) is 16.1. The summed E-state index contributed by atoms with van der Waals surface area (Å²) < 4.78 is 0. The predicted molar refractivity (Wildman–Crippen MR) is 26.6 cm³/mol. The van der Waals surface area contributed by atoms with Crippen LogP contribution in [-0.2, 0) is 9.59 Å². The van der Waals surface area contributed by atoms with Crippen LogP contribution in [0.5, 0.6) is 0 Å². The molecule has 0 spiro atoms. The molecule has 4 nitrogen and oxygen atoms in total. The molecular formula is C4H8ErO4. The molecule has 9 heavy (non-hydrogen) atoms. The van der Waals surface area contributed by atoms with Crippen LogP contribution < -0.4 is 0 Å². The van der Waals surface area contributed by atoms with Gasteiger partial charge >= 0.3 is 0 Å². The maximum absolute atomic E-state index is 9.00. The Kier molecular flexibility index (Phi) is 19.7. The average Bonchev–Trinajstić information content (AvgIpc) is 1.25. The number of rotatable bonds is 0. The number of hydrogen-bond acceptors (Lipinski definition) is 2. The van der Waals surface area contributed by atoms with E-state index >= 15 is 0 Å². The number of aliphatic carboxylic acids is 2. The van der Waals surface area contributed by atoms with E-state index < -0.39 is 11.9 Å². The normalized spacial score (nSPS) is 5.56. The van der Waals surface area contributed by atoms with Crippen LogP contribution in [0, 0.1) is 37.3 Å². The minimum atomic E-state index is -0.833. The van der Waals surface area contributed by atoms with E-state index in [-0.39, 0.29) is 37.3 Å². The van der Waals surface area contributed by atoms with Gasteiger partial charge in [0.1, 0.15) is 0 Å². The van der Waals surface area contributed by atoms with Gasteiger partial charge in [0.05, 0.1) is 0 Å². The second kappa shape index (κ2) is 11.0. The standard InChI is InChI=1S/2C2H4O2.Er/c2*1-2(3)4;/h2*1H3,(H,3,4);. The van der Waals surface area contributed by atoms with Crippen LogP contribution in [0.2, 0.25) is 0 Å². The fourth-order valence-corrected chi connectivity index (χ4v) is 0. The zero-order chi connectivity index (χ0) is 7.15. The van der Waals surface area contributed by atoms with Crippen LogP contribution in [0.15, 0.2) is 0 Å². The van der Waals surface area contributed by atoms with Crippen molar-refractivity contribution in [2.45, 2.75) is 13.8 Å². The molecular weight excluding hydrogens is 279 g/mol. The Morgan fingerprint density at radius 2 is 1.00 bits per heavy atom. The summed E-state index contributed by atoms with van der Waals surface area (Å²) in [6, 6.07) is 0. The van der Waals surface area contributed by atoms with Crippen LogP contribution >= 0.6 is 0 Å². The van der Waals surface area contributed by atoms with E-state index in [1.165, 1.54) is 0 Å². The van der Waals surface area contributed by atoms with Gasteiger partial charge in [-0.2, -0.15) is 0 Å². The van der Waals surface area contributed by atoms with Crippen LogP contribution in [0.25, 0.3) is 0 Å². The number of carbonyl (C=O) groups is 2. The summed E-state index contributed by atoms with van der Waals surface area (Å²) in [5.74, 6) is -1.67. The van der Waals surface area contributed by atoms with Gasteiger partial charge in [0.15, 0.2) is 0 Å². The SMILES string of the molecule is CC(=O)O.CC(=O)O.[Er]. The molecule has 0 saturated heterocycles. The second-order valence-corrected chi connectivity index (χ2v) is 1.04. The van der Waals surface area contributed by atoms with Crippen molar-refractivity contribution in [1.29, 1.82) is 0 Å². The van der Waals surface area contributed by atoms with Gasteiger partial charge < -0.3 is 10.2 Å². The van der Waals surface area contributed by atoms with Crippen LogP contribution in [0.3, 0.4) is 0 Å². The molecule has 0 heterocycles. The molecule has 0 rings (SSSR count). The van der Waals surface area contributed by atoms with Crippen LogP contribution in [-0.4, -0.2) is 22.2 Å². The van der Waals surface area contributed by atoms with Crippen LogP contribution in [0.1, 0.15) is 13.8 Å². The van der Waals surface area contributed by atoms with Gasteiger partial charge in [-0.25, -0.2) is 0 Å². The van der Waals surface area contributed by atoms with E-state index in [0.717, 1.165) is 13.8 Å². The molecule has 60 valence electrons. The summed E-state index contributed by atoms with van der Waals surface area (Å²) in [5, 5.41) is 14.8. The Hall–Kier alpha value is 0.187. The topological polar surface area (TPSA) is 74.6 Å². The molecule has 0 aliphatic heterocycles. The maximum Gasteiger partial charge on any atom is 0.300 e. The van der Waals surface area contributed by atoms with Gasteiger partial charge in [-0.3, -0.25) is 9.59 Å². The van der Waals surface area contributed by atoms with Crippen LogP contribution in [0.4, 0.5) is 0 Å². The molecule has 0 aromatic rings. The fourth-order valence-electron chi connectivity index (χ4n) is 0. The van der Waals surface area contributed by atoms with Gasteiger partial charge in [-0.15, -0.1) is 0 Å². The van der Waals surface area contributed by atoms with Crippen molar-refractivity contribution >= 4 is 11.9 Å². The van der Waals surface area contributed by atoms with E-state index in [1.807, 2.05) is 0 Å². The maximum atomic E-state index is 9.00. The average molecular weight is 287 g/mol. The van der Waals surface area contributed by atoms with Gasteiger partial charge in [0.25, 0.3) is 11.9 Å². The summed E-state index contributed by atoms with van der Waals surface area (Å²) >= 11 is 0. The summed E-state index contributed by atoms with van der Waals surface area (Å²) in [7, 11) is 0. The molecule has 0 radical (unpaired) electrons. The molecule has 0 bridgehead atoms. The predicted octanol–water partition coefficient (Wildman–Crippen LogP) is 0.182. The molecule has 0 atom stereocenters. The van der Waals surface area contributed by atoms with Crippen molar-refractivity contribution in [2.75, 3.05) is 0 Å².